The van der Waals surface area contributed by atoms with Gasteiger partial charge in [0.15, 0.2) is 0 Å². The van der Waals surface area contributed by atoms with Crippen molar-refractivity contribution in [3.05, 3.63) is 65.0 Å². The molecule has 112 valence electrons. The van der Waals surface area contributed by atoms with Gasteiger partial charge in [0.1, 0.15) is 18.2 Å². The molecule has 2 aromatic carbocycles. The average Bonchev–Trinajstić information content (AvgIpc) is 2.46. The second kappa shape index (κ2) is 6.75. The van der Waals surface area contributed by atoms with Crippen molar-refractivity contribution in [1.29, 1.82) is 0 Å². The van der Waals surface area contributed by atoms with E-state index in [1.807, 2.05) is 30.3 Å². The number of benzene rings is 2. The molecule has 2 aromatic rings. The molecular formula is C19H23FO. The highest BCUT2D eigenvalue weighted by Gasteiger charge is 2.17. The Labute approximate surface area is 126 Å². The summed E-state index contributed by atoms with van der Waals surface area (Å²) < 4.78 is 19.9. The van der Waals surface area contributed by atoms with Gasteiger partial charge >= 0.3 is 0 Å². The lowest BCUT2D eigenvalue weighted by Crippen LogP contribution is -2.05. The first kappa shape index (κ1) is 15.6. The molecule has 0 spiro atoms. The van der Waals surface area contributed by atoms with Crippen LogP contribution in [-0.4, -0.2) is 0 Å². The number of ether oxygens (including phenoxy) is 1. The lowest BCUT2D eigenvalue weighted by Gasteiger charge is -2.20. The van der Waals surface area contributed by atoms with Crippen molar-refractivity contribution in [1.82, 2.24) is 0 Å². The fraction of sp³-hybridized carbons (Fsp3) is 0.368. The SMILES string of the molecule is CC(C)c1cc([18F])cc(C(C)C)c1OCc1ccccc1. The summed E-state index contributed by atoms with van der Waals surface area (Å²) in [4.78, 5) is 0. The van der Waals surface area contributed by atoms with Gasteiger partial charge in [-0.2, -0.15) is 0 Å². The average molecular weight is 285 g/mol. The summed E-state index contributed by atoms with van der Waals surface area (Å²) >= 11 is 0. The van der Waals surface area contributed by atoms with E-state index in [0.717, 1.165) is 22.4 Å². The van der Waals surface area contributed by atoms with Crippen molar-refractivity contribution < 1.29 is 9.13 Å². The number of rotatable bonds is 5. The predicted molar refractivity (Wildman–Crippen MR) is 85.4 cm³/mol. The summed E-state index contributed by atoms with van der Waals surface area (Å²) in [6.45, 7) is 8.76. The van der Waals surface area contributed by atoms with Crippen LogP contribution < -0.4 is 4.74 Å². The predicted octanol–water partition coefficient (Wildman–Crippen LogP) is 5.65. The zero-order valence-corrected chi connectivity index (χ0v) is 13.2. The lowest BCUT2D eigenvalue weighted by atomic mass is 9.93. The molecule has 0 amide bonds. The minimum absolute atomic E-state index is 0.186. The smallest absolute Gasteiger partial charge is 0.126 e. The fourth-order valence-electron chi connectivity index (χ4n) is 2.39. The van der Waals surface area contributed by atoms with Crippen LogP contribution in [0.3, 0.4) is 0 Å². The molecule has 0 N–H and O–H groups in total. The lowest BCUT2D eigenvalue weighted by molar-refractivity contribution is 0.296. The van der Waals surface area contributed by atoms with Gasteiger partial charge in [0.05, 0.1) is 0 Å². The Bertz CT molecular complexity index is 559. The Balaban J connectivity index is 2.35. The molecule has 0 atom stereocenters. The highest BCUT2D eigenvalue weighted by Crippen LogP contribution is 2.36. The first-order chi connectivity index (χ1) is 9.99. The van der Waals surface area contributed by atoms with Crippen LogP contribution in [0.25, 0.3) is 0 Å². The van der Waals surface area contributed by atoms with Gasteiger partial charge in [-0.25, -0.2) is 4.39 Å². The minimum Gasteiger partial charge on any atom is -0.488 e. The Hall–Kier alpha value is -1.83. The van der Waals surface area contributed by atoms with E-state index in [9.17, 15) is 4.39 Å². The normalized spacial score (nSPS) is 11.2. The van der Waals surface area contributed by atoms with Gasteiger partial charge < -0.3 is 4.74 Å². The third kappa shape index (κ3) is 3.84. The molecule has 0 saturated heterocycles. The highest BCUT2D eigenvalue weighted by atomic mass is 18.2. The first-order valence-electron chi connectivity index (χ1n) is 7.49. The largest absolute Gasteiger partial charge is 0.488 e. The Kier molecular flexibility index (Phi) is 5.00. The van der Waals surface area contributed by atoms with Crippen molar-refractivity contribution in [3.63, 3.8) is 0 Å². The fourth-order valence-corrected chi connectivity index (χ4v) is 2.39. The van der Waals surface area contributed by atoms with Gasteiger partial charge in [-0.1, -0.05) is 58.0 Å². The summed E-state index contributed by atoms with van der Waals surface area (Å²) in [5.74, 6) is 1.10. The van der Waals surface area contributed by atoms with Gasteiger partial charge in [-0.05, 0) is 40.7 Å². The summed E-state index contributed by atoms with van der Waals surface area (Å²) in [6, 6.07) is 13.2. The molecule has 0 aliphatic rings. The minimum atomic E-state index is -0.186. The number of hydrogen-bond acceptors (Lipinski definition) is 1. The summed E-state index contributed by atoms with van der Waals surface area (Å²) in [5.41, 5.74) is 3.00. The monoisotopic (exact) mass is 285 g/mol. The van der Waals surface area contributed by atoms with E-state index in [2.05, 4.69) is 27.7 Å². The molecule has 0 heterocycles. The van der Waals surface area contributed by atoms with E-state index in [-0.39, 0.29) is 17.7 Å². The topological polar surface area (TPSA) is 9.23 Å². The molecule has 21 heavy (non-hydrogen) atoms. The Morgan fingerprint density at radius 3 is 1.90 bits per heavy atom. The van der Waals surface area contributed by atoms with E-state index in [0.29, 0.717) is 6.61 Å². The van der Waals surface area contributed by atoms with Crippen molar-refractivity contribution in [2.75, 3.05) is 0 Å². The number of hydrogen-bond donors (Lipinski definition) is 0. The van der Waals surface area contributed by atoms with Crippen molar-refractivity contribution >= 4 is 0 Å². The van der Waals surface area contributed by atoms with Crippen LogP contribution in [0.4, 0.5) is 4.39 Å². The van der Waals surface area contributed by atoms with Crippen LogP contribution in [0.15, 0.2) is 42.5 Å². The molecule has 0 radical (unpaired) electrons. The van der Waals surface area contributed by atoms with Crippen LogP contribution in [0.2, 0.25) is 0 Å². The van der Waals surface area contributed by atoms with Crippen LogP contribution in [0, 0.1) is 5.82 Å². The summed E-state index contributed by atoms with van der Waals surface area (Å²) in [7, 11) is 0. The van der Waals surface area contributed by atoms with Crippen LogP contribution in [0.5, 0.6) is 5.75 Å². The Morgan fingerprint density at radius 1 is 0.905 bits per heavy atom. The van der Waals surface area contributed by atoms with Crippen LogP contribution >= 0.6 is 0 Å². The van der Waals surface area contributed by atoms with Crippen molar-refractivity contribution in [3.8, 4) is 5.75 Å². The summed E-state index contributed by atoms with van der Waals surface area (Å²) in [6.07, 6.45) is 0. The maximum Gasteiger partial charge on any atom is 0.126 e. The van der Waals surface area contributed by atoms with E-state index in [4.69, 9.17) is 4.74 Å². The van der Waals surface area contributed by atoms with E-state index in [1.54, 1.807) is 12.1 Å². The number of halogens is 1. The first-order valence-corrected chi connectivity index (χ1v) is 7.49. The molecule has 0 unspecified atom stereocenters. The second-order valence-corrected chi connectivity index (χ2v) is 6.00. The molecule has 0 aliphatic carbocycles. The van der Waals surface area contributed by atoms with Crippen LogP contribution in [0.1, 0.15) is 56.2 Å². The van der Waals surface area contributed by atoms with Crippen molar-refractivity contribution in [2.24, 2.45) is 0 Å². The molecule has 0 saturated carbocycles. The maximum absolute atomic E-state index is 13.8. The molecule has 0 bridgehead atoms. The van der Waals surface area contributed by atoms with E-state index >= 15 is 0 Å². The third-order valence-electron chi connectivity index (χ3n) is 3.58. The molecule has 0 aromatic heterocycles. The molecule has 1 nitrogen and oxygen atoms in total. The van der Waals surface area contributed by atoms with Gasteiger partial charge in [0.25, 0.3) is 0 Å². The highest BCUT2D eigenvalue weighted by molar-refractivity contribution is 5.45. The molecule has 2 rings (SSSR count). The van der Waals surface area contributed by atoms with Gasteiger partial charge in [-0.3, -0.25) is 0 Å². The van der Waals surface area contributed by atoms with E-state index < -0.39 is 0 Å². The Morgan fingerprint density at radius 2 is 1.43 bits per heavy atom. The molecular weight excluding hydrogens is 262 g/mol. The van der Waals surface area contributed by atoms with Crippen LogP contribution in [-0.2, 0) is 6.61 Å². The zero-order chi connectivity index (χ0) is 15.4. The van der Waals surface area contributed by atoms with Crippen molar-refractivity contribution in [2.45, 2.75) is 46.1 Å². The van der Waals surface area contributed by atoms with Gasteiger partial charge in [0.2, 0.25) is 0 Å². The van der Waals surface area contributed by atoms with Gasteiger partial charge in [0, 0.05) is 0 Å². The van der Waals surface area contributed by atoms with Gasteiger partial charge in [-0.15, -0.1) is 0 Å². The zero-order valence-electron chi connectivity index (χ0n) is 13.2. The summed E-state index contributed by atoms with van der Waals surface area (Å²) in [5, 5.41) is 0. The molecule has 2 heteroatoms. The molecule has 0 fully saturated rings. The third-order valence-corrected chi connectivity index (χ3v) is 3.58. The van der Waals surface area contributed by atoms with E-state index in [1.165, 1.54) is 0 Å². The maximum atomic E-state index is 13.8. The quantitative estimate of drug-likeness (QED) is 0.689. The molecule has 0 aliphatic heterocycles. The second-order valence-electron chi connectivity index (χ2n) is 6.00. The standard InChI is InChI=1S/C19H23FO/c1-13(2)17-10-16(20)11-18(14(3)4)19(17)21-12-15-8-6-5-7-9-15/h5-11,13-14H,12H2,1-4H3/i20-1.